The Morgan fingerprint density at radius 1 is 1.22 bits per heavy atom. The van der Waals surface area contributed by atoms with Crippen molar-refractivity contribution in [1.82, 2.24) is 5.32 Å². The van der Waals surface area contributed by atoms with Crippen LogP contribution in [0.1, 0.15) is 18.9 Å². The summed E-state index contributed by atoms with van der Waals surface area (Å²) in [5.41, 5.74) is 0.734. The van der Waals surface area contributed by atoms with Crippen LogP contribution in [0.4, 0.5) is 0 Å². The van der Waals surface area contributed by atoms with E-state index in [0.717, 1.165) is 0 Å². The molecule has 0 unspecified atom stereocenters. The van der Waals surface area contributed by atoms with Gasteiger partial charge in [0.15, 0.2) is 0 Å². The smallest absolute Gasteiger partial charge is 0.261 e. The molecule has 0 spiro atoms. The zero-order chi connectivity index (χ0) is 19.5. The van der Waals surface area contributed by atoms with Crippen molar-refractivity contribution >= 4 is 23.6 Å². The molecule has 2 aromatic rings. The van der Waals surface area contributed by atoms with Crippen LogP contribution in [0.15, 0.2) is 54.1 Å². The van der Waals surface area contributed by atoms with E-state index in [2.05, 4.69) is 5.32 Å². The lowest BCUT2D eigenvalue weighted by molar-refractivity contribution is -0.117. The van der Waals surface area contributed by atoms with Gasteiger partial charge in [0.2, 0.25) is 0 Å². The van der Waals surface area contributed by atoms with Gasteiger partial charge < -0.3 is 14.8 Å². The molecule has 140 valence electrons. The highest BCUT2D eigenvalue weighted by atomic mass is 35.5. The Bertz CT molecular complexity index is 826. The molecule has 0 radical (unpaired) electrons. The standard InChI is InChI=1S/C21H21ClN2O3/c1-2-26-12-4-11-24-21(25)17(15-23)13-16-5-3-6-20(14-16)27-19-9-7-18(22)8-10-19/h3,5-10,13-14H,2,4,11-12H2,1H3,(H,24,25)/b17-13+. The highest BCUT2D eigenvalue weighted by Crippen LogP contribution is 2.24. The summed E-state index contributed by atoms with van der Waals surface area (Å²) in [5.74, 6) is 0.839. The minimum atomic E-state index is -0.405. The molecule has 6 heteroatoms. The lowest BCUT2D eigenvalue weighted by Gasteiger charge is -2.07. The summed E-state index contributed by atoms with van der Waals surface area (Å²) in [6.07, 6.45) is 2.23. The Balaban J connectivity index is 2.01. The predicted molar refractivity (Wildman–Crippen MR) is 106 cm³/mol. The number of nitriles is 1. The average Bonchev–Trinajstić information content (AvgIpc) is 2.68. The molecule has 0 aromatic heterocycles. The summed E-state index contributed by atoms with van der Waals surface area (Å²) >= 11 is 5.87. The van der Waals surface area contributed by atoms with Gasteiger partial charge >= 0.3 is 0 Å². The topological polar surface area (TPSA) is 71.3 Å². The van der Waals surface area contributed by atoms with Crippen LogP contribution >= 0.6 is 11.6 Å². The molecule has 2 rings (SSSR count). The Labute approximate surface area is 164 Å². The Hall–Kier alpha value is -2.81. The third kappa shape index (κ3) is 7.14. The van der Waals surface area contributed by atoms with E-state index in [4.69, 9.17) is 21.1 Å². The van der Waals surface area contributed by atoms with Crippen molar-refractivity contribution in [2.75, 3.05) is 19.8 Å². The summed E-state index contributed by atoms with van der Waals surface area (Å²) in [7, 11) is 0. The van der Waals surface area contributed by atoms with E-state index in [9.17, 15) is 10.1 Å². The molecule has 0 aliphatic heterocycles. The van der Waals surface area contributed by atoms with Gasteiger partial charge in [0.1, 0.15) is 23.1 Å². The minimum absolute atomic E-state index is 0.0371. The monoisotopic (exact) mass is 384 g/mol. The fourth-order valence-electron chi connectivity index (χ4n) is 2.24. The van der Waals surface area contributed by atoms with Crippen molar-refractivity contribution in [1.29, 1.82) is 5.26 Å². The van der Waals surface area contributed by atoms with E-state index < -0.39 is 5.91 Å². The van der Waals surface area contributed by atoms with Crippen LogP contribution in [0.2, 0.25) is 5.02 Å². The fraction of sp³-hybridized carbons (Fsp3) is 0.238. The second-order valence-corrected chi connectivity index (χ2v) is 6.04. The highest BCUT2D eigenvalue weighted by molar-refractivity contribution is 6.30. The van der Waals surface area contributed by atoms with Crippen LogP contribution in [0, 0.1) is 11.3 Å². The van der Waals surface area contributed by atoms with Crippen LogP contribution < -0.4 is 10.1 Å². The number of carbonyl (C=O) groups is 1. The molecule has 0 saturated heterocycles. The Morgan fingerprint density at radius 3 is 2.70 bits per heavy atom. The number of rotatable bonds is 9. The number of hydrogen-bond donors (Lipinski definition) is 1. The van der Waals surface area contributed by atoms with Crippen LogP contribution in [-0.4, -0.2) is 25.7 Å². The van der Waals surface area contributed by atoms with Crippen molar-refractivity contribution in [2.45, 2.75) is 13.3 Å². The quantitative estimate of drug-likeness (QED) is 0.390. The van der Waals surface area contributed by atoms with Gasteiger partial charge in [-0.25, -0.2) is 0 Å². The SMILES string of the molecule is CCOCCCNC(=O)/C(C#N)=C/c1cccc(Oc2ccc(Cl)cc2)c1. The molecule has 0 fully saturated rings. The zero-order valence-corrected chi connectivity index (χ0v) is 15.8. The number of amides is 1. The van der Waals surface area contributed by atoms with Gasteiger partial charge in [-0.3, -0.25) is 4.79 Å². The van der Waals surface area contributed by atoms with Gasteiger partial charge in [0.05, 0.1) is 0 Å². The average molecular weight is 385 g/mol. The third-order valence-corrected chi connectivity index (χ3v) is 3.79. The maximum atomic E-state index is 12.1. The summed E-state index contributed by atoms with van der Waals surface area (Å²) in [4.78, 5) is 12.1. The highest BCUT2D eigenvalue weighted by Gasteiger charge is 2.08. The van der Waals surface area contributed by atoms with E-state index >= 15 is 0 Å². The van der Waals surface area contributed by atoms with Gasteiger partial charge in [-0.1, -0.05) is 23.7 Å². The molecule has 0 atom stereocenters. The lowest BCUT2D eigenvalue weighted by Crippen LogP contribution is -2.26. The maximum Gasteiger partial charge on any atom is 0.261 e. The number of nitrogens with one attached hydrogen (secondary N) is 1. The van der Waals surface area contributed by atoms with Gasteiger partial charge in [-0.2, -0.15) is 5.26 Å². The molecular formula is C21H21ClN2O3. The molecule has 2 aromatic carbocycles. The largest absolute Gasteiger partial charge is 0.457 e. The number of hydrogen-bond acceptors (Lipinski definition) is 4. The predicted octanol–water partition coefficient (Wildman–Crippen LogP) is 4.58. The van der Waals surface area contributed by atoms with Crippen molar-refractivity contribution < 1.29 is 14.3 Å². The second-order valence-electron chi connectivity index (χ2n) is 5.60. The normalized spacial score (nSPS) is 10.9. The summed E-state index contributed by atoms with van der Waals surface area (Å²) in [5, 5.41) is 12.6. The molecule has 0 saturated carbocycles. The minimum Gasteiger partial charge on any atom is -0.457 e. The molecule has 5 nitrogen and oxygen atoms in total. The molecule has 1 amide bonds. The third-order valence-electron chi connectivity index (χ3n) is 3.54. The van der Waals surface area contributed by atoms with Crippen LogP contribution in [0.3, 0.4) is 0 Å². The first kappa shape index (κ1) is 20.5. The van der Waals surface area contributed by atoms with Crippen LogP contribution in [-0.2, 0) is 9.53 Å². The number of carbonyl (C=O) groups excluding carboxylic acids is 1. The first-order chi connectivity index (χ1) is 13.1. The number of benzene rings is 2. The molecule has 0 aliphatic rings. The first-order valence-corrected chi connectivity index (χ1v) is 9.01. The molecule has 27 heavy (non-hydrogen) atoms. The molecule has 1 N–H and O–H groups in total. The Morgan fingerprint density at radius 2 is 2.00 bits per heavy atom. The number of halogens is 1. The Kier molecular flexibility index (Phi) is 8.37. The van der Waals surface area contributed by atoms with E-state index in [1.165, 1.54) is 6.08 Å². The molecule has 0 bridgehead atoms. The summed E-state index contributed by atoms with van der Waals surface area (Å²) in [6.45, 7) is 3.59. The lowest BCUT2D eigenvalue weighted by atomic mass is 10.1. The van der Waals surface area contributed by atoms with E-state index in [1.807, 2.05) is 13.0 Å². The zero-order valence-electron chi connectivity index (χ0n) is 15.1. The maximum absolute atomic E-state index is 12.1. The van der Waals surface area contributed by atoms with Crippen molar-refractivity contribution in [3.05, 3.63) is 64.7 Å². The molecule has 0 aliphatic carbocycles. The first-order valence-electron chi connectivity index (χ1n) is 8.63. The van der Waals surface area contributed by atoms with E-state index in [-0.39, 0.29) is 5.57 Å². The van der Waals surface area contributed by atoms with Crippen molar-refractivity contribution in [3.63, 3.8) is 0 Å². The number of ether oxygens (including phenoxy) is 2. The molecular weight excluding hydrogens is 364 g/mol. The molecule has 0 heterocycles. The van der Waals surface area contributed by atoms with Gasteiger partial charge in [0, 0.05) is 24.8 Å². The summed E-state index contributed by atoms with van der Waals surface area (Å²) < 4.78 is 11.0. The van der Waals surface area contributed by atoms with Gasteiger partial charge in [0.25, 0.3) is 5.91 Å². The van der Waals surface area contributed by atoms with E-state index in [1.54, 1.807) is 48.5 Å². The number of nitrogens with zero attached hydrogens (tertiary/aromatic N) is 1. The second kappa shape index (κ2) is 11.0. The van der Waals surface area contributed by atoms with Crippen LogP contribution in [0.25, 0.3) is 6.08 Å². The van der Waals surface area contributed by atoms with E-state index in [0.29, 0.717) is 48.3 Å². The van der Waals surface area contributed by atoms with Gasteiger partial charge in [-0.05, 0) is 61.4 Å². The summed E-state index contributed by atoms with van der Waals surface area (Å²) in [6, 6.07) is 16.1. The van der Waals surface area contributed by atoms with Gasteiger partial charge in [-0.15, -0.1) is 0 Å². The van der Waals surface area contributed by atoms with Crippen molar-refractivity contribution in [2.24, 2.45) is 0 Å². The van der Waals surface area contributed by atoms with Crippen molar-refractivity contribution in [3.8, 4) is 17.6 Å². The van der Waals surface area contributed by atoms with Crippen LogP contribution in [0.5, 0.6) is 11.5 Å². The fourth-order valence-corrected chi connectivity index (χ4v) is 2.36.